The van der Waals surface area contributed by atoms with E-state index < -0.39 is 0 Å². The Morgan fingerprint density at radius 1 is 1.08 bits per heavy atom. The lowest BCUT2D eigenvalue weighted by atomic mass is 9.51. The maximum Gasteiger partial charge on any atom is 0.142 e. The Morgan fingerprint density at radius 3 is 2.38 bits per heavy atom. The van der Waals surface area contributed by atoms with E-state index >= 15 is 0 Å². The van der Waals surface area contributed by atoms with Gasteiger partial charge in [0.25, 0.3) is 0 Å². The summed E-state index contributed by atoms with van der Waals surface area (Å²) in [6.45, 7) is 4.27. The molecule has 2 aliphatic rings. The van der Waals surface area contributed by atoms with Gasteiger partial charge in [0.05, 0.1) is 0 Å². The predicted octanol–water partition coefficient (Wildman–Crippen LogP) is 3.18. The first-order valence-corrected chi connectivity index (χ1v) is 5.68. The van der Waals surface area contributed by atoms with E-state index in [-0.39, 0.29) is 5.41 Å². The molecule has 0 aromatic carbocycles. The van der Waals surface area contributed by atoms with Crippen LogP contribution >= 0.6 is 0 Å². The molecule has 0 unspecified atom stereocenters. The first kappa shape index (κ1) is 9.23. The van der Waals surface area contributed by atoms with Crippen molar-refractivity contribution in [2.24, 2.45) is 17.3 Å². The molecule has 0 bridgehead atoms. The second-order valence-electron chi connectivity index (χ2n) is 5.29. The smallest absolute Gasteiger partial charge is 0.142 e. The summed E-state index contributed by atoms with van der Waals surface area (Å²) in [6.07, 6.45) is 7.82. The molecule has 0 aliphatic heterocycles. The maximum absolute atomic E-state index is 11.8. The van der Waals surface area contributed by atoms with Gasteiger partial charge in [0.2, 0.25) is 0 Å². The molecule has 2 rings (SSSR count). The fraction of sp³-hybridized carbons (Fsp3) is 0.917. The Labute approximate surface area is 80.9 Å². The zero-order valence-corrected chi connectivity index (χ0v) is 8.81. The Bertz CT molecular complexity index is 217. The SMILES string of the molecule is CC1(C)C(=O)[C@H]2CCCCCC[C@@H]21. The zero-order chi connectivity index (χ0) is 9.47. The van der Waals surface area contributed by atoms with Gasteiger partial charge in [0.1, 0.15) is 5.78 Å². The molecule has 74 valence electrons. The number of ketones is 1. The van der Waals surface area contributed by atoms with Crippen molar-refractivity contribution in [2.45, 2.75) is 52.4 Å². The van der Waals surface area contributed by atoms with E-state index in [0.717, 1.165) is 0 Å². The van der Waals surface area contributed by atoms with Gasteiger partial charge >= 0.3 is 0 Å². The molecule has 0 aromatic heterocycles. The Morgan fingerprint density at radius 2 is 1.69 bits per heavy atom. The van der Waals surface area contributed by atoms with Crippen molar-refractivity contribution < 1.29 is 4.79 Å². The molecule has 1 heteroatoms. The van der Waals surface area contributed by atoms with Crippen LogP contribution in [0.3, 0.4) is 0 Å². The standard InChI is InChI=1S/C12H20O/c1-12(2)10-8-6-4-3-5-7-9(10)11(12)13/h9-10H,3-8H2,1-2H3/t9-,10-/m0/s1. The zero-order valence-electron chi connectivity index (χ0n) is 8.81. The molecule has 2 atom stereocenters. The molecule has 0 radical (unpaired) electrons. The van der Waals surface area contributed by atoms with Gasteiger partial charge in [0.15, 0.2) is 0 Å². The van der Waals surface area contributed by atoms with Crippen LogP contribution < -0.4 is 0 Å². The van der Waals surface area contributed by atoms with Crippen molar-refractivity contribution in [3.8, 4) is 0 Å². The van der Waals surface area contributed by atoms with Gasteiger partial charge in [-0.1, -0.05) is 39.5 Å². The molecule has 13 heavy (non-hydrogen) atoms. The van der Waals surface area contributed by atoms with Gasteiger partial charge < -0.3 is 0 Å². The Kier molecular flexibility index (Phi) is 2.21. The molecule has 2 saturated carbocycles. The van der Waals surface area contributed by atoms with Crippen molar-refractivity contribution in [1.29, 1.82) is 0 Å². The fourth-order valence-electron chi connectivity index (χ4n) is 3.23. The Hall–Kier alpha value is -0.330. The molecule has 0 N–H and O–H groups in total. The number of fused-ring (bicyclic) bond motifs is 1. The summed E-state index contributed by atoms with van der Waals surface area (Å²) in [5.41, 5.74) is 0.0159. The molecule has 2 aliphatic carbocycles. The van der Waals surface area contributed by atoms with Crippen LogP contribution in [0.4, 0.5) is 0 Å². The number of rotatable bonds is 0. The minimum absolute atomic E-state index is 0.0159. The van der Waals surface area contributed by atoms with E-state index in [0.29, 0.717) is 17.6 Å². The van der Waals surface area contributed by atoms with Crippen LogP contribution in [-0.2, 0) is 4.79 Å². The van der Waals surface area contributed by atoms with E-state index in [4.69, 9.17) is 0 Å². The molecule has 0 heterocycles. The molecular weight excluding hydrogens is 160 g/mol. The van der Waals surface area contributed by atoms with Crippen LogP contribution in [0.1, 0.15) is 52.4 Å². The van der Waals surface area contributed by atoms with Crippen LogP contribution in [0.5, 0.6) is 0 Å². The molecule has 0 aromatic rings. The normalized spacial score (nSPS) is 38.5. The third kappa shape index (κ3) is 1.33. The van der Waals surface area contributed by atoms with Gasteiger partial charge in [-0.15, -0.1) is 0 Å². The van der Waals surface area contributed by atoms with E-state index in [9.17, 15) is 4.79 Å². The first-order valence-electron chi connectivity index (χ1n) is 5.68. The third-order valence-electron chi connectivity index (χ3n) is 4.16. The average molecular weight is 180 g/mol. The average Bonchev–Trinajstić information content (AvgIpc) is 2.03. The maximum atomic E-state index is 11.8. The van der Waals surface area contributed by atoms with E-state index in [2.05, 4.69) is 13.8 Å². The monoisotopic (exact) mass is 180 g/mol. The number of carbonyl (C=O) groups excluding carboxylic acids is 1. The number of Topliss-reactive ketones (excluding diaryl/α,β-unsaturated/α-hetero) is 1. The van der Waals surface area contributed by atoms with E-state index in [1.807, 2.05) is 0 Å². The highest BCUT2D eigenvalue weighted by molar-refractivity contribution is 5.93. The molecule has 1 nitrogen and oxygen atoms in total. The predicted molar refractivity (Wildman–Crippen MR) is 53.5 cm³/mol. The van der Waals surface area contributed by atoms with Crippen molar-refractivity contribution in [3.63, 3.8) is 0 Å². The largest absolute Gasteiger partial charge is 0.299 e. The highest BCUT2D eigenvalue weighted by Gasteiger charge is 2.54. The quantitative estimate of drug-likeness (QED) is 0.559. The summed E-state index contributed by atoms with van der Waals surface area (Å²) in [7, 11) is 0. The molecule has 0 amide bonds. The van der Waals surface area contributed by atoms with Crippen molar-refractivity contribution >= 4 is 5.78 Å². The highest BCUT2D eigenvalue weighted by Crippen LogP contribution is 2.52. The van der Waals surface area contributed by atoms with Crippen LogP contribution in [-0.4, -0.2) is 5.78 Å². The second kappa shape index (κ2) is 3.11. The first-order chi connectivity index (χ1) is 6.14. The summed E-state index contributed by atoms with van der Waals surface area (Å²) in [5, 5.41) is 0. The van der Waals surface area contributed by atoms with E-state index in [1.165, 1.54) is 38.5 Å². The van der Waals surface area contributed by atoms with Crippen LogP contribution in [0.15, 0.2) is 0 Å². The summed E-state index contributed by atoms with van der Waals surface area (Å²) < 4.78 is 0. The summed E-state index contributed by atoms with van der Waals surface area (Å²) >= 11 is 0. The van der Waals surface area contributed by atoms with Gasteiger partial charge in [-0.3, -0.25) is 4.79 Å². The summed E-state index contributed by atoms with van der Waals surface area (Å²) in [4.78, 5) is 11.8. The fourth-order valence-corrected chi connectivity index (χ4v) is 3.23. The number of carbonyl (C=O) groups is 1. The Balaban J connectivity index is 2.07. The van der Waals surface area contributed by atoms with Gasteiger partial charge in [-0.25, -0.2) is 0 Å². The molecule has 0 spiro atoms. The second-order valence-corrected chi connectivity index (χ2v) is 5.29. The minimum Gasteiger partial charge on any atom is -0.299 e. The summed E-state index contributed by atoms with van der Waals surface area (Å²) in [5.74, 6) is 1.69. The van der Waals surface area contributed by atoms with Crippen molar-refractivity contribution in [2.75, 3.05) is 0 Å². The third-order valence-corrected chi connectivity index (χ3v) is 4.16. The van der Waals surface area contributed by atoms with Crippen molar-refractivity contribution in [3.05, 3.63) is 0 Å². The topological polar surface area (TPSA) is 17.1 Å². The van der Waals surface area contributed by atoms with Crippen LogP contribution in [0.2, 0.25) is 0 Å². The van der Waals surface area contributed by atoms with Crippen molar-refractivity contribution in [1.82, 2.24) is 0 Å². The lowest BCUT2D eigenvalue weighted by Crippen LogP contribution is -2.54. The molecule has 2 fully saturated rings. The summed E-state index contributed by atoms with van der Waals surface area (Å²) in [6, 6.07) is 0. The van der Waals surface area contributed by atoms with Gasteiger partial charge in [-0.2, -0.15) is 0 Å². The van der Waals surface area contributed by atoms with Crippen LogP contribution in [0, 0.1) is 17.3 Å². The highest BCUT2D eigenvalue weighted by atomic mass is 16.1. The van der Waals surface area contributed by atoms with Gasteiger partial charge in [-0.05, 0) is 18.8 Å². The lowest BCUT2D eigenvalue weighted by molar-refractivity contribution is -0.155. The molecule has 0 saturated heterocycles. The lowest BCUT2D eigenvalue weighted by Gasteiger charge is -2.50. The number of hydrogen-bond acceptors (Lipinski definition) is 1. The van der Waals surface area contributed by atoms with Crippen LogP contribution in [0.25, 0.3) is 0 Å². The molecular formula is C12H20O. The van der Waals surface area contributed by atoms with Gasteiger partial charge in [0, 0.05) is 11.3 Å². The minimum atomic E-state index is 0.0159. The number of hydrogen-bond donors (Lipinski definition) is 0. The van der Waals surface area contributed by atoms with E-state index in [1.54, 1.807) is 0 Å².